The van der Waals surface area contributed by atoms with E-state index in [9.17, 15) is 4.79 Å². The van der Waals surface area contributed by atoms with E-state index in [2.05, 4.69) is 5.11 Å². The van der Waals surface area contributed by atoms with Crippen LogP contribution in [0.4, 0.5) is 0 Å². The van der Waals surface area contributed by atoms with Gasteiger partial charge in [0.15, 0.2) is 6.54 Å². The van der Waals surface area contributed by atoms with Gasteiger partial charge in [-0.05, 0) is 20.8 Å². The van der Waals surface area contributed by atoms with Crippen molar-refractivity contribution in [3.63, 3.8) is 0 Å². The second-order valence-corrected chi connectivity index (χ2v) is 2.90. The summed E-state index contributed by atoms with van der Waals surface area (Å²) in [6.45, 7) is 5.13. The van der Waals surface area contributed by atoms with Gasteiger partial charge in [0, 0.05) is 0 Å². The second kappa shape index (κ2) is 3.29. The summed E-state index contributed by atoms with van der Waals surface area (Å²) in [6.07, 6.45) is 0. The molecule has 0 unspecified atom stereocenters. The van der Waals surface area contributed by atoms with Crippen LogP contribution in [0.3, 0.4) is 0 Å². The van der Waals surface area contributed by atoms with Crippen molar-refractivity contribution < 1.29 is 9.53 Å². The molecule has 0 bridgehead atoms. The third-order valence-corrected chi connectivity index (χ3v) is 0.628. The Hall–Kier alpha value is -0.930. The van der Waals surface area contributed by atoms with E-state index in [0.717, 1.165) is 0 Å². The van der Waals surface area contributed by atoms with Crippen molar-refractivity contribution in [1.82, 2.24) is 0 Å². The molecule has 0 saturated carbocycles. The summed E-state index contributed by atoms with van der Waals surface area (Å²) >= 11 is 0. The maximum absolute atomic E-state index is 10.6. The van der Waals surface area contributed by atoms with E-state index in [0.29, 0.717) is 0 Å². The molecule has 1 N–H and O–H groups in total. The van der Waals surface area contributed by atoms with Gasteiger partial charge in [-0.1, -0.05) is 0 Å². The lowest BCUT2D eigenvalue weighted by Crippen LogP contribution is -2.25. The molecule has 0 fully saturated rings. The highest BCUT2D eigenvalue weighted by Crippen LogP contribution is 2.06. The van der Waals surface area contributed by atoms with E-state index in [1.165, 1.54) is 0 Å². The average molecular weight is 144 g/mol. The molecular formula is C6H12N2O2. The van der Waals surface area contributed by atoms with Crippen molar-refractivity contribution in [3.05, 3.63) is 0 Å². The number of hydrogen-bond donors (Lipinski definition) is 1. The Morgan fingerprint density at radius 2 is 2.10 bits per heavy atom. The van der Waals surface area contributed by atoms with Crippen LogP contribution in [0.25, 0.3) is 0 Å². The summed E-state index contributed by atoms with van der Waals surface area (Å²) in [6, 6.07) is 0. The summed E-state index contributed by atoms with van der Waals surface area (Å²) in [5.74, 6) is -0.456. The van der Waals surface area contributed by atoms with Gasteiger partial charge in [0.25, 0.3) is 0 Å². The van der Waals surface area contributed by atoms with Crippen molar-refractivity contribution >= 4 is 5.97 Å². The predicted molar refractivity (Wildman–Crippen MR) is 35.9 cm³/mol. The van der Waals surface area contributed by atoms with E-state index in [1.807, 2.05) is 0 Å². The molecule has 0 spiro atoms. The molecule has 4 heteroatoms. The summed E-state index contributed by atoms with van der Waals surface area (Å²) in [5, 5.41) is 2.90. The number of nitrogens with zero attached hydrogens (tertiary/aromatic N) is 1. The zero-order valence-electron chi connectivity index (χ0n) is 6.47. The minimum Gasteiger partial charge on any atom is -0.459 e. The van der Waals surface area contributed by atoms with Crippen molar-refractivity contribution in [3.8, 4) is 0 Å². The number of carbonyl (C=O) groups is 1. The average Bonchev–Trinajstić information content (AvgIpc) is 1.59. The first-order valence-electron chi connectivity index (χ1n) is 3.01. The van der Waals surface area contributed by atoms with Gasteiger partial charge in [-0.3, -0.25) is 0 Å². The zero-order chi connectivity index (χ0) is 8.20. The second-order valence-electron chi connectivity index (χ2n) is 2.90. The molecule has 0 aromatic heterocycles. The Labute approximate surface area is 60.1 Å². The van der Waals surface area contributed by atoms with Crippen LogP contribution in [0.2, 0.25) is 0 Å². The predicted octanol–water partition coefficient (Wildman–Crippen LogP) is 1.36. The first-order valence-corrected chi connectivity index (χ1v) is 3.01. The van der Waals surface area contributed by atoms with Gasteiger partial charge in [-0.15, -0.1) is 0 Å². The number of hydrogen-bond acceptors (Lipinski definition) is 4. The maximum atomic E-state index is 10.6. The molecule has 0 aliphatic rings. The summed E-state index contributed by atoms with van der Waals surface area (Å²) in [4.78, 5) is 10.6. The van der Waals surface area contributed by atoms with Crippen LogP contribution in [0.15, 0.2) is 5.11 Å². The molecule has 0 atom stereocenters. The van der Waals surface area contributed by atoms with Crippen molar-refractivity contribution in [1.29, 1.82) is 5.53 Å². The Kier molecular flexibility index (Phi) is 2.99. The fourth-order valence-corrected chi connectivity index (χ4v) is 0.438. The van der Waals surface area contributed by atoms with Crippen LogP contribution in [0.1, 0.15) is 20.8 Å². The standard InChI is InChI=1S/C6H12N2O2/c1-6(2,3)10-5(9)4-8-7/h7H,4H2,1-3H3. The summed E-state index contributed by atoms with van der Waals surface area (Å²) in [5.41, 5.74) is 5.89. The minimum atomic E-state index is -0.470. The van der Waals surface area contributed by atoms with Crippen molar-refractivity contribution in [2.75, 3.05) is 6.54 Å². The molecule has 0 aliphatic carbocycles. The lowest BCUT2D eigenvalue weighted by Gasteiger charge is -2.18. The first kappa shape index (κ1) is 9.07. The Morgan fingerprint density at radius 3 is 2.40 bits per heavy atom. The van der Waals surface area contributed by atoms with Gasteiger partial charge < -0.3 is 4.74 Å². The van der Waals surface area contributed by atoms with Crippen molar-refractivity contribution in [2.24, 2.45) is 5.11 Å². The highest BCUT2D eigenvalue weighted by Gasteiger charge is 2.15. The van der Waals surface area contributed by atoms with Crippen LogP contribution in [0.5, 0.6) is 0 Å². The van der Waals surface area contributed by atoms with E-state index >= 15 is 0 Å². The number of ether oxygens (including phenoxy) is 1. The minimum absolute atomic E-state index is 0.183. The molecule has 0 saturated heterocycles. The Morgan fingerprint density at radius 1 is 1.60 bits per heavy atom. The zero-order valence-corrected chi connectivity index (χ0v) is 6.47. The molecule has 0 rings (SSSR count). The molecule has 0 aromatic carbocycles. The fraction of sp³-hybridized carbons (Fsp3) is 0.833. The summed E-state index contributed by atoms with van der Waals surface area (Å²) in [7, 11) is 0. The lowest BCUT2D eigenvalue weighted by molar-refractivity contribution is -0.152. The van der Waals surface area contributed by atoms with Gasteiger partial charge in [0.05, 0.1) is 0 Å². The molecule has 0 radical (unpaired) electrons. The molecular weight excluding hydrogens is 132 g/mol. The smallest absolute Gasteiger partial charge is 0.330 e. The fourth-order valence-electron chi connectivity index (χ4n) is 0.438. The van der Waals surface area contributed by atoms with Crippen LogP contribution < -0.4 is 0 Å². The number of rotatable bonds is 2. The van der Waals surface area contributed by atoms with E-state index in [-0.39, 0.29) is 6.54 Å². The first-order chi connectivity index (χ1) is 4.45. The molecule has 0 aromatic rings. The monoisotopic (exact) mass is 144 g/mol. The topological polar surface area (TPSA) is 62.5 Å². The molecule has 10 heavy (non-hydrogen) atoms. The van der Waals surface area contributed by atoms with Crippen LogP contribution in [-0.2, 0) is 9.53 Å². The molecule has 4 nitrogen and oxygen atoms in total. The molecule has 0 aliphatic heterocycles. The Bertz CT molecular complexity index is 137. The van der Waals surface area contributed by atoms with E-state index < -0.39 is 11.6 Å². The summed E-state index contributed by atoms with van der Waals surface area (Å²) < 4.78 is 4.83. The van der Waals surface area contributed by atoms with Crippen LogP contribution >= 0.6 is 0 Å². The Balaban J connectivity index is 3.68. The maximum Gasteiger partial charge on any atom is 0.330 e. The van der Waals surface area contributed by atoms with Gasteiger partial charge in [-0.25, -0.2) is 10.3 Å². The molecule has 58 valence electrons. The van der Waals surface area contributed by atoms with Gasteiger partial charge in [0.1, 0.15) is 5.60 Å². The molecule has 0 heterocycles. The quantitative estimate of drug-likeness (QED) is 0.469. The van der Waals surface area contributed by atoms with Gasteiger partial charge in [0.2, 0.25) is 0 Å². The highest BCUT2D eigenvalue weighted by atomic mass is 16.6. The van der Waals surface area contributed by atoms with Crippen LogP contribution in [-0.4, -0.2) is 18.1 Å². The van der Waals surface area contributed by atoms with Crippen molar-refractivity contribution in [2.45, 2.75) is 26.4 Å². The number of nitrogens with one attached hydrogen (secondary N) is 1. The van der Waals surface area contributed by atoms with E-state index in [1.54, 1.807) is 20.8 Å². The lowest BCUT2D eigenvalue weighted by atomic mass is 10.2. The highest BCUT2D eigenvalue weighted by molar-refractivity contribution is 5.72. The third kappa shape index (κ3) is 5.21. The van der Waals surface area contributed by atoms with E-state index in [4.69, 9.17) is 10.3 Å². The number of carbonyl (C=O) groups excluding carboxylic acids is 1. The third-order valence-electron chi connectivity index (χ3n) is 0.628. The van der Waals surface area contributed by atoms with Gasteiger partial charge in [-0.2, -0.15) is 5.11 Å². The normalized spacial score (nSPS) is 10.7. The van der Waals surface area contributed by atoms with Gasteiger partial charge >= 0.3 is 5.97 Å². The number of esters is 1. The SMILES string of the molecule is CC(C)(C)OC(=O)CN=N. The molecule has 0 amide bonds. The van der Waals surface area contributed by atoms with Crippen LogP contribution in [0, 0.1) is 5.53 Å². The largest absolute Gasteiger partial charge is 0.459 e.